The van der Waals surface area contributed by atoms with Gasteiger partial charge in [0.1, 0.15) is 0 Å². The molecule has 0 aliphatic heterocycles. The molecular formula is C23H27NO3S. The smallest absolute Gasteiger partial charge is 0.241 e. The van der Waals surface area contributed by atoms with Crippen LogP contribution in [0.3, 0.4) is 0 Å². The molecule has 0 amide bonds. The van der Waals surface area contributed by atoms with Crippen molar-refractivity contribution in [3.63, 3.8) is 0 Å². The number of aliphatic hydroxyl groups excluding tert-OH is 1. The normalized spacial score (nSPS) is 13.1. The van der Waals surface area contributed by atoms with Gasteiger partial charge in [0.2, 0.25) is 10.0 Å². The zero-order valence-corrected chi connectivity index (χ0v) is 17.8. The van der Waals surface area contributed by atoms with E-state index in [2.05, 4.69) is 4.72 Å². The molecule has 3 rings (SSSR count). The number of aliphatic hydroxyl groups is 1. The van der Waals surface area contributed by atoms with Crippen LogP contribution in [0.5, 0.6) is 0 Å². The van der Waals surface area contributed by atoms with E-state index in [0.717, 1.165) is 38.6 Å². The molecule has 0 aliphatic carbocycles. The fourth-order valence-electron chi connectivity index (χ4n) is 3.78. The first-order chi connectivity index (χ1) is 13.1. The van der Waals surface area contributed by atoms with Crippen LogP contribution in [0.4, 0.5) is 0 Å². The Morgan fingerprint density at radius 1 is 0.821 bits per heavy atom. The van der Waals surface area contributed by atoms with Gasteiger partial charge in [0.05, 0.1) is 11.0 Å². The van der Waals surface area contributed by atoms with Crippen LogP contribution in [0.1, 0.15) is 39.5 Å². The summed E-state index contributed by atoms with van der Waals surface area (Å²) in [5.74, 6) is 0. The minimum atomic E-state index is -3.75. The molecule has 0 bridgehead atoms. The molecule has 0 saturated carbocycles. The summed E-state index contributed by atoms with van der Waals surface area (Å²) in [6, 6.07) is 13.4. The third-order valence-electron chi connectivity index (χ3n) is 5.85. The lowest BCUT2D eigenvalue weighted by Gasteiger charge is -2.20. The first-order valence-corrected chi connectivity index (χ1v) is 10.9. The molecule has 3 aromatic carbocycles. The lowest BCUT2D eigenvalue weighted by Crippen LogP contribution is -2.30. The highest BCUT2D eigenvalue weighted by atomic mass is 32.2. The SMILES string of the molecule is Cc1c(C)c(C)c(S(=O)(=O)NCC(O)c2cccc3ccccc23)c(C)c1C. The van der Waals surface area contributed by atoms with Crippen molar-refractivity contribution in [1.29, 1.82) is 0 Å². The van der Waals surface area contributed by atoms with Crippen molar-refractivity contribution < 1.29 is 13.5 Å². The standard InChI is InChI=1S/C23H27NO3S/c1-14-15(2)17(4)23(18(5)16(14)3)28(26,27)24-13-22(25)21-12-8-10-19-9-6-7-11-20(19)21/h6-12,22,24-25H,13H2,1-5H3. The molecule has 0 spiro atoms. The van der Waals surface area contributed by atoms with E-state index in [1.54, 1.807) is 0 Å². The average Bonchev–Trinajstić information content (AvgIpc) is 2.68. The molecule has 0 saturated heterocycles. The van der Waals surface area contributed by atoms with Gasteiger partial charge in [-0.25, -0.2) is 13.1 Å². The van der Waals surface area contributed by atoms with Gasteiger partial charge in [-0.3, -0.25) is 0 Å². The number of sulfonamides is 1. The van der Waals surface area contributed by atoms with Crippen molar-refractivity contribution >= 4 is 20.8 Å². The third-order valence-corrected chi connectivity index (χ3v) is 7.55. The lowest BCUT2D eigenvalue weighted by molar-refractivity contribution is 0.183. The molecule has 148 valence electrons. The van der Waals surface area contributed by atoms with E-state index < -0.39 is 16.1 Å². The van der Waals surface area contributed by atoms with Crippen molar-refractivity contribution in [2.45, 2.75) is 45.6 Å². The van der Waals surface area contributed by atoms with Crippen molar-refractivity contribution in [3.8, 4) is 0 Å². The van der Waals surface area contributed by atoms with Crippen molar-refractivity contribution in [3.05, 3.63) is 75.8 Å². The molecule has 0 aliphatic rings. The van der Waals surface area contributed by atoms with E-state index in [4.69, 9.17) is 0 Å². The Hall–Kier alpha value is -2.21. The highest BCUT2D eigenvalue weighted by Gasteiger charge is 2.24. The van der Waals surface area contributed by atoms with Crippen LogP contribution in [0.15, 0.2) is 47.4 Å². The largest absolute Gasteiger partial charge is 0.387 e. The Kier molecular flexibility index (Phi) is 5.62. The number of fused-ring (bicyclic) bond motifs is 1. The summed E-state index contributed by atoms with van der Waals surface area (Å²) >= 11 is 0. The number of hydrogen-bond acceptors (Lipinski definition) is 3. The number of nitrogens with one attached hydrogen (secondary N) is 1. The van der Waals surface area contributed by atoms with E-state index in [0.29, 0.717) is 10.5 Å². The second-order valence-corrected chi connectivity index (χ2v) is 9.09. The number of hydrogen-bond donors (Lipinski definition) is 2. The summed E-state index contributed by atoms with van der Waals surface area (Å²) in [4.78, 5) is 0.318. The Morgan fingerprint density at radius 2 is 1.36 bits per heavy atom. The molecule has 28 heavy (non-hydrogen) atoms. The zero-order valence-electron chi connectivity index (χ0n) is 17.0. The molecule has 0 aromatic heterocycles. The van der Waals surface area contributed by atoms with Gasteiger partial charge in [0.25, 0.3) is 0 Å². The Labute approximate surface area is 167 Å². The van der Waals surface area contributed by atoms with Crippen molar-refractivity contribution in [1.82, 2.24) is 4.72 Å². The van der Waals surface area contributed by atoms with E-state index in [-0.39, 0.29) is 6.54 Å². The summed E-state index contributed by atoms with van der Waals surface area (Å²) in [6.07, 6.45) is -0.936. The maximum absolute atomic E-state index is 13.1. The summed E-state index contributed by atoms with van der Waals surface area (Å²) in [5, 5.41) is 12.6. The fourth-order valence-corrected chi connectivity index (χ4v) is 5.41. The van der Waals surface area contributed by atoms with Gasteiger partial charge in [-0.15, -0.1) is 0 Å². The molecule has 4 nitrogen and oxygen atoms in total. The molecule has 1 atom stereocenters. The number of rotatable bonds is 5. The molecule has 2 N–H and O–H groups in total. The molecule has 0 heterocycles. The predicted octanol–water partition coefficient (Wildman–Crippen LogP) is 4.39. The first kappa shape index (κ1) is 20.5. The topological polar surface area (TPSA) is 66.4 Å². The van der Waals surface area contributed by atoms with Crippen molar-refractivity contribution in [2.75, 3.05) is 6.54 Å². The number of benzene rings is 3. The van der Waals surface area contributed by atoms with Crippen LogP contribution in [0.25, 0.3) is 10.8 Å². The minimum Gasteiger partial charge on any atom is -0.387 e. The van der Waals surface area contributed by atoms with Gasteiger partial charge in [-0.05, 0) is 78.8 Å². The summed E-state index contributed by atoms with van der Waals surface area (Å²) in [6.45, 7) is 9.50. The van der Waals surface area contributed by atoms with E-state index in [9.17, 15) is 13.5 Å². The summed E-state index contributed by atoms with van der Waals surface area (Å²) in [7, 11) is -3.75. The second-order valence-electron chi connectivity index (χ2n) is 7.39. The van der Waals surface area contributed by atoms with Crippen LogP contribution in [0, 0.1) is 34.6 Å². The highest BCUT2D eigenvalue weighted by molar-refractivity contribution is 7.89. The molecule has 0 fully saturated rings. The van der Waals surface area contributed by atoms with Crippen LogP contribution >= 0.6 is 0 Å². The Morgan fingerprint density at radius 3 is 2.00 bits per heavy atom. The zero-order chi connectivity index (χ0) is 20.6. The van der Waals surface area contributed by atoms with E-state index in [1.165, 1.54) is 0 Å². The van der Waals surface area contributed by atoms with Crippen LogP contribution in [0.2, 0.25) is 0 Å². The second kappa shape index (κ2) is 7.66. The summed E-state index contributed by atoms with van der Waals surface area (Å²) in [5.41, 5.74) is 5.31. The highest BCUT2D eigenvalue weighted by Crippen LogP contribution is 2.30. The Balaban J connectivity index is 1.92. The van der Waals surface area contributed by atoms with Gasteiger partial charge in [0, 0.05) is 6.54 Å². The predicted molar refractivity (Wildman–Crippen MR) is 114 cm³/mol. The van der Waals surface area contributed by atoms with Crippen LogP contribution in [-0.4, -0.2) is 20.1 Å². The van der Waals surface area contributed by atoms with Gasteiger partial charge >= 0.3 is 0 Å². The Bertz CT molecular complexity index is 1120. The maximum Gasteiger partial charge on any atom is 0.241 e. The van der Waals surface area contributed by atoms with E-state index in [1.807, 2.05) is 77.1 Å². The molecule has 5 heteroatoms. The van der Waals surface area contributed by atoms with Gasteiger partial charge < -0.3 is 5.11 Å². The fraction of sp³-hybridized carbons (Fsp3) is 0.304. The molecular weight excluding hydrogens is 370 g/mol. The van der Waals surface area contributed by atoms with Gasteiger partial charge in [-0.2, -0.15) is 0 Å². The van der Waals surface area contributed by atoms with Crippen LogP contribution in [-0.2, 0) is 10.0 Å². The molecule has 3 aromatic rings. The van der Waals surface area contributed by atoms with Crippen LogP contribution < -0.4 is 4.72 Å². The molecule has 0 radical (unpaired) electrons. The first-order valence-electron chi connectivity index (χ1n) is 9.37. The lowest BCUT2D eigenvalue weighted by atomic mass is 9.95. The summed E-state index contributed by atoms with van der Waals surface area (Å²) < 4.78 is 28.7. The monoisotopic (exact) mass is 397 g/mol. The molecule has 1 unspecified atom stereocenters. The quantitative estimate of drug-likeness (QED) is 0.671. The van der Waals surface area contributed by atoms with Gasteiger partial charge in [0.15, 0.2) is 0 Å². The third kappa shape index (κ3) is 3.58. The van der Waals surface area contributed by atoms with Crippen molar-refractivity contribution in [2.24, 2.45) is 0 Å². The van der Waals surface area contributed by atoms with E-state index >= 15 is 0 Å². The minimum absolute atomic E-state index is 0.0822. The average molecular weight is 398 g/mol. The maximum atomic E-state index is 13.1. The van der Waals surface area contributed by atoms with Gasteiger partial charge in [-0.1, -0.05) is 42.5 Å².